The maximum Gasteiger partial charge on any atom is 0.0945 e. The first kappa shape index (κ1) is 12.8. The molecule has 2 N–H and O–H groups in total. The van der Waals surface area contributed by atoms with Gasteiger partial charge < -0.3 is 15.0 Å². The molecule has 0 saturated heterocycles. The van der Waals surface area contributed by atoms with E-state index in [0.29, 0.717) is 0 Å². The molecule has 0 unspecified atom stereocenters. The molecule has 1 heterocycles. The van der Waals surface area contributed by atoms with E-state index in [1.54, 1.807) is 6.20 Å². The molecule has 0 spiro atoms. The van der Waals surface area contributed by atoms with Crippen LogP contribution < -0.4 is 5.32 Å². The lowest BCUT2D eigenvalue weighted by Crippen LogP contribution is -2.16. The average molecular weight is 245 g/mol. The van der Waals surface area contributed by atoms with Crippen molar-refractivity contribution in [2.45, 2.75) is 26.1 Å². The van der Waals surface area contributed by atoms with Crippen molar-refractivity contribution in [1.82, 2.24) is 14.9 Å². The second-order valence-electron chi connectivity index (χ2n) is 4.31. The molecule has 2 rings (SSSR count). The number of rotatable bonds is 7. The number of aryl methyl sites for hydroxylation is 1. The third kappa shape index (κ3) is 3.98. The van der Waals surface area contributed by atoms with Gasteiger partial charge >= 0.3 is 0 Å². The zero-order valence-electron chi connectivity index (χ0n) is 10.4. The van der Waals surface area contributed by atoms with Gasteiger partial charge in [0.1, 0.15) is 0 Å². The van der Waals surface area contributed by atoms with Crippen LogP contribution in [-0.4, -0.2) is 21.2 Å². The Labute approximate surface area is 107 Å². The summed E-state index contributed by atoms with van der Waals surface area (Å²) in [5.74, 6) is 0. The number of aromatic nitrogens is 2. The lowest BCUT2D eigenvalue weighted by Gasteiger charge is -2.06. The molecule has 0 aliphatic heterocycles. The van der Waals surface area contributed by atoms with Crippen LogP contribution in [0.25, 0.3) is 0 Å². The average Bonchev–Trinajstić information content (AvgIpc) is 2.92. The van der Waals surface area contributed by atoms with Gasteiger partial charge in [0.2, 0.25) is 0 Å². The standard InChI is InChI=1S/C14H19N3O/c18-11-14-4-2-13(3-5-14)10-15-6-1-8-17-9-7-16-12-17/h2-5,7,9,12,15,18H,1,6,8,10-11H2. The molecular formula is C14H19N3O. The van der Waals surface area contributed by atoms with E-state index < -0.39 is 0 Å². The molecule has 0 radical (unpaired) electrons. The maximum atomic E-state index is 8.94. The van der Waals surface area contributed by atoms with Gasteiger partial charge in [-0.1, -0.05) is 24.3 Å². The highest BCUT2D eigenvalue weighted by molar-refractivity contribution is 5.21. The number of benzene rings is 1. The topological polar surface area (TPSA) is 50.1 Å². The van der Waals surface area contributed by atoms with E-state index in [0.717, 1.165) is 31.6 Å². The summed E-state index contributed by atoms with van der Waals surface area (Å²) in [6.45, 7) is 2.96. The second-order valence-corrected chi connectivity index (χ2v) is 4.31. The molecule has 1 aromatic carbocycles. The molecule has 0 aliphatic carbocycles. The van der Waals surface area contributed by atoms with Gasteiger partial charge in [-0.15, -0.1) is 0 Å². The van der Waals surface area contributed by atoms with Crippen molar-refractivity contribution < 1.29 is 5.11 Å². The van der Waals surface area contributed by atoms with E-state index in [1.165, 1.54) is 5.56 Å². The number of nitrogens with zero attached hydrogens (tertiary/aromatic N) is 2. The summed E-state index contributed by atoms with van der Waals surface area (Å²) in [7, 11) is 0. The van der Waals surface area contributed by atoms with Gasteiger partial charge in [-0.05, 0) is 24.1 Å². The Balaban J connectivity index is 1.62. The van der Waals surface area contributed by atoms with E-state index in [-0.39, 0.29) is 6.61 Å². The molecule has 2 aromatic rings. The van der Waals surface area contributed by atoms with Crippen molar-refractivity contribution in [2.75, 3.05) is 6.54 Å². The first-order valence-electron chi connectivity index (χ1n) is 6.23. The predicted octanol–water partition coefficient (Wildman–Crippen LogP) is 1.56. The van der Waals surface area contributed by atoms with E-state index in [2.05, 4.69) is 27.0 Å². The van der Waals surface area contributed by atoms with Gasteiger partial charge in [-0.2, -0.15) is 0 Å². The second kappa shape index (κ2) is 6.93. The fraction of sp³-hybridized carbons (Fsp3) is 0.357. The van der Waals surface area contributed by atoms with Crippen LogP contribution in [0.1, 0.15) is 17.5 Å². The molecule has 18 heavy (non-hydrogen) atoms. The molecule has 0 amide bonds. The van der Waals surface area contributed by atoms with Crippen LogP contribution in [0.4, 0.5) is 0 Å². The number of hydrogen-bond acceptors (Lipinski definition) is 3. The molecule has 0 atom stereocenters. The summed E-state index contributed by atoms with van der Waals surface area (Å²) in [5.41, 5.74) is 2.20. The Kier molecular flexibility index (Phi) is 4.93. The zero-order chi connectivity index (χ0) is 12.6. The van der Waals surface area contributed by atoms with Crippen LogP contribution in [0.3, 0.4) is 0 Å². The third-order valence-electron chi connectivity index (χ3n) is 2.86. The number of aliphatic hydroxyl groups is 1. The molecule has 4 nitrogen and oxygen atoms in total. The van der Waals surface area contributed by atoms with E-state index in [4.69, 9.17) is 5.11 Å². The molecule has 0 fully saturated rings. The van der Waals surface area contributed by atoms with E-state index in [1.807, 2.05) is 24.7 Å². The van der Waals surface area contributed by atoms with Crippen molar-refractivity contribution in [2.24, 2.45) is 0 Å². The SMILES string of the molecule is OCc1ccc(CNCCCn2ccnc2)cc1. The lowest BCUT2D eigenvalue weighted by molar-refractivity contribution is 0.282. The van der Waals surface area contributed by atoms with E-state index >= 15 is 0 Å². The first-order valence-corrected chi connectivity index (χ1v) is 6.23. The summed E-state index contributed by atoms with van der Waals surface area (Å²) in [6, 6.07) is 8.02. The predicted molar refractivity (Wildman–Crippen MR) is 70.9 cm³/mol. The summed E-state index contributed by atoms with van der Waals surface area (Å²) in [4.78, 5) is 4.01. The summed E-state index contributed by atoms with van der Waals surface area (Å²) >= 11 is 0. The highest BCUT2D eigenvalue weighted by Crippen LogP contribution is 2.03. The fourth-order valence-electron chi connectivity index (χ4n) is 1.80. The van der Waals surface area contributed by atoms with Gasteiger partial charge in [-0.25, -0.2) is 4.98 Å². The molecule has 96 valence electrons. The Morgan fingerprint density at radius 2 is 1.94 bits per heavy atom. The van der Waals surface area contributed by atoms with Gasteiger partial charge in [0, 0.05) is 25.5 Å². The lowest BCUT2D eigenvalue weighted by atomic mass is 10.1. The molecule has 4 heteroatoms. The van der Waals surface area contributed by atoms with Crippen LogP contribution in [0, 0.1) is 0 Å². The minimum Gasteiger partial charge on any atom is -0.392 e. The highest BCUT2D eigenvalue weighted by atomic mass is 16.3. The normalized spacial score (nSPS) is 10.7. The zero-order valence-corrected chi connectivity index (χ0v) is 10.4. The number of nitrogens with one attached hydrogen (secondary N) is 1. The van der Waals surface area contributed by atoms with Crippen molar-refractivity contribution in [3.05, 3.63) is 54.1 Å². The van der Waals surface area contributed by atoms with Crippen molar-refractivity contribution in [3.8, 4) is 0 Å². The Morgan fingerprint density at radius 1 is 1.17 bits per heavy atom. The maximum absolute atomic E-state index is 8.94. The summed E-state index contributed by atoms with van der Waals surface area (Å²) in [6.07, 6.45) is 6.71. The minimum absolute atomic E-state index is 0.110. The van der Waals surface area contributed by atoms with Crippen LogP contribution in [0.5, 0.6) is 0 Å². The number of hydrogen-bond donors (Lipinski definition) is 2. The minimum atomic E-state index is 0.110. The van der Waals surface area contributed by atoms with Crippen molar-refractivity contribution in [1.29, 1.82) is 0 Å². The Hall–Kier alpha value is -1.65. The molecule has 0 aliphatic rings. The van der Waals surface area contributed by atoms with E-state index in [9.17, 15) is 0 Å². The number of aliphatic hydroxyl groups excluding tert-OH is 1. The van der Waals surface area contributed by atoms with Crippen molar-refractivity contribution in [3.63, 3.8) is 0 Å². The third-order valence-corrected chi connectivity index (χ3v) is 2.86. The van der Waals surface area contributed by atoms with Gasteiger partial charge in [0.05, 0.1) is 12.9 Å². The van der Waals surface area contributed by atoms with Crippen molar-refractivity contribution >= 4 is 0 Å². The van der Waals surface area contributed by atoms with Gasteiger partial charge in [-0.3, -0.25) is 0 Å². The molecule has 1 aromatic heterocycles. The summed E-state index contributed by atoms with van der Waals surface area (Å²) in [5, 5.41) is 12.3. The monoisotopic (exact) mass is 245 g/mol. The molecule has 0 bridgehead atoms. The summed E-state index contributed by atoms with van der Waals surface area (Å²) < 4.78 is 2.08. The van der Waals surface area contributed by atoms with Crippen LogP contribution >= 0.6 is 0 Å². The fourth-order valence-corrected chi connectivity index (χ4v) is 1.80. The Morgan fingerprint density at radius 3 is 2.61 bits per heavy atom. The van der Waals surface area contributed by atoms with Crippen LogP contribution in [-0.2, 0) is 19.7 Å². The number of imidazole rings is 1. The molecular weight excluding hydrogens is 226 g/mol. The first-order chi connectivity index (χ1) is 8.88. The van der Waals surface area contributed by atoms with Crippen LogP contribution in [0.2, 0.25) is 0 Å². The highest BCUT2D eigenvalue weighted by Gasteiger charge is 1.94. The quantitative estimate of drug-likeness (QED) is 0.728. The van der Waals surface area contributed by atoms with Gasteiger partial charge in [0.15, 0.2) is 0 Å². The smallest absolute Gasteiger partial charge is 0.0945 e. The Bertz CT molecular complexity index is 437. The molecule has 0 saturated carbocycles. The largest absolute Gasteiger partial charge is 0.392 e. The van der Waals surface area contributed by atoms with Gasteiger partial charge in [0.25, 0.3) is 0 Å². The van der Waals surface area contributed by atoms with Crippen LogP contribution in [0.15, 0.2) is 43.0 Å².